The van der Waals surface area contributed by atoms with Crippen LogP contribution >= 0.6 is 11.8 Å². The lowest BCUT2D eigenvalue weighted by molar-refractivity contribution is -0.109. The highest BCUT2D eigenvalue weighted by molar-refractivity contribution is 8.13. The van der Waals surface area contributed by atoms with Gasteiger partial charge in [-0.05, 0) is 18.2 Å². The van der Waals surface area contributed by atoms with E-state index < -0.39 is 11.8 Å². The Morgan fingerprint density at radius 2 is 2.17 bits per heavy atom. The minimum atomic E-state index is -1.32. The van der Waals surface area contributed by atoms with E-state index in [1.165, 1.54) is 30.8 Å². The number of carbonyl (C=O) groups excluding carboxylic acids is 1. The van der Waals surface area contributed by atoms with Crippen molar-refractivity contribution in [1.82, 2.24) is 0 Å². The van der Waals surface area contributed by atoms with Crippen LogP contribution in [-0.4, -0.2) is 21.9 Å². The highest BCUT2D eigenvalue weighted by Gasteiger charge is 2.09. The van der Waals surface area contributed by atoms with Crippen molar-refractivity contribution in [3.05, 3.63) is 35.1 Å². The van der Waals surface area contributed by atoms with Crippen LogP contribution in [-0.2, 0) is 4.79 Å². The van der Waals surface area contributed by atoms with Crippen LogP contribution in [0.15, 0.2) is 18.2 Å². The highest BCUT2D eigenvalue weighted by atomic mass is 32.2. The molecule has 0 heterocycles. The van der Waals surface area contributed by atoms with Crippen LogP contribution in [0.1, 0.15) is 29.3 Å². The Bertz CT molecular complexity index is 529. The van der Waals surface area contributed by atoms with Crippen molar-refractivity contribution in [3.8, 4) is 11.8 Å². The predicted molar refractivity (Wildman–Crippen MR) is 68.0 cm³/mol. The summed E-state index contributed by atoms with van der Waals surface area (Å²) >= 11 is 1.18. The average molecular weight is 266 g/mol. The first kappa shape index (κ1) is 14.3. The van der Waals surface area contributed by atoms with Gasteiger partial charge in [-0.3, -0.25) is 4.79 Å². The lowest BCUT2D eigenvalue weighted by atomic mass is 10.1. The van der Waals surface area contributed by atoms with Gasteiger partial charge in [0.05, 0.1) is 5.56 Å². The normalized spacial score (nSPS) is 9.44. The van der Waals surface area contributed by atoms with E-state index in [1.807, 2.05) is 0 Å². The number of carboxylic acids is 1. The zero-order valence-electron chi connectivity index (χ0n) is 9.70. The summed E-state index contributed by atoms with van der Waals surface area (Å²) in [5.74, 6) is 4.04. The van der Waals surface area contributed by atoms with Gasteiger partial charge in [0.1, 0.15) is 5.82 Å². The Kier molecular flexibility index (Phi) is 5.40. The molecule has 5 heteroatoms. The molecule has 0 aromatic heterocycles. The molecule has 0 aliphatic carbocycles. The number of thioether (sulfide) groups is 1. The molecule has 94 valence electrons. The smallest absolute Gasteiger partial charge is 0.338 e. The minimum absolute atomic E-state index is 0.0340. The Balaban J connectivity index is 2.68. The van der Waals surface area contributed by atoms with Crippen molar-refractivity contribution in [2.75, 3.05) is 5.75 Å². The molecule has 0 aliphatic heterocycles. The first-order valence-electron chi connectivity index (χ1n) is 5.16. The zero-order valence-corrected chi connectivity index (χ0v) is 10.5. The molecule has 0 spiro atoms. The predicted octanol–water partition coefficient (Wildman–Crippen LogP) is 2.55. The van der Waals surface area contributed by atoms with Crippen LogP contribution in [0.5, 0.6) is 0 Å². The van der Waals surface area contributed by atoms with Crippen LogP contribution in [0.25, 0.3) is 0 Å². The van der Waals surface area contributed by atoms with Crippen molar-refractivity contribution in [2.24, 2.45) is 0 Å². The Labute approximate surface area is 108 Å². The standard InChI is InChI=1S/C13H11FO3S/c1-9(15)18-7-3-2-4-10-5-6-12(14)11(8-10)13(16)17/h5-6,8H,3,7H2,1H3,(H,16,17). The minimum Gasteiger partial charge on any atom is -0.478 e. The molecule has 0 fully saturated rings. The first-order valence-corrected chi connectivity index (χ1v) is 6.14. The second-order valence-corrected chi connectivity index (χ2v) is 4.66. The molecule has 0 bridgehead atoms. The maximum atomic E-state index is 13.1. The molecular formula is C13H11FO3S. The number of benzene rings is 1. The molecule has 0 radical (unpaired) electrons. The SMILES string of the molecule is CC(=O)SCCC#Cc1ccc(F)c(C(=O)O)c1. The first-order chi connectivity index (χ1) is 8.50. The van der Waals surface area contributed by atoms with Gasteiger partial charge in [-0.15, -0.1) is 0 Å². The van der Waals surface area contributed by atoms with E-state index in [0.29, 0.717) is 17.7 Å². The molecule has 1 N–H and O–H groups in total. The van der Waals surface area contributed by atoms with Crippen molar-refractivity contribution in [2.45, 2.75) is 13.3 Å². The molecule has 18 heavy (non-hydrogen) atoms. The largest absolute Gasteiger partial charge is 0.478 e. The summed E-state index contributed by atoms with van der Waals surface area (Å²) in [5.41, 5.74) is 0.0570. The molecule has 1 aromatic rings. The van der Waals surface area contributed by atoms with Gasteiger partial charge >= 0.3 is 5.97 Å². The fourth-order valence-corrected chi connectivity index (χ4v) is 1.67. The molecular weight excluding hydrogens is 255 g/mol. The third-order valence-corrected chi connectivity index (χ3v) is 2.78. The maximum absolute atomic E-state index is 13.1. The fraction of sp³-hybridized carbons (Fsp3) is 0.231. The van der Waals surface area contributed by atoms with Crippen molar-refractivity contribution in [3.63, 3.8) is 0 Å². The van der Waals surface area contributed by atoms with Crippen molar-refractivity contribution >= 4 is 22.8 Å². The van der Waals surface area contributed by atoms with E-state index in [9.17, 15) is 14.0 Å². The summed E-state index contributed by atoms with van der Waals surface area (Å²) < 4.78 is 13.1. The van der Waals surface area contributed by atoms with Gasteiger partial charge in [0, 0.05) is 24.7 Å². The van der Waals surface area contributed by atoms with Gasteiger partial charge in [-0.2, -0.15) is 0 Å². The highest BCUT2D eigenvalue weighted by Crippen LogP contribution is 2.10. The van der Waals surface area contributed by atoms with Crippen LogP contribution in [0.3, 0.4) is 0 Å². The summed E-state index contributed by atoms with van der Waals surface area (Å²) in [4.78, 5) is 21.3. The summed E-state index contributed by atoms with van der Waals surface area (Å²) in [7, 11) is 0. The van der Waals surface area contributed by atoms with Gasteiger partial charge in [-0.25, -0.2) is 9.18 Å². The number of hydrogen-bond donors (Lipinski definition) is 1. The van der Waals surface area contributed by atoms with E-state index in [-0.39, 0.29) is 10.7 Å². The van der Waals surface area contributed by atoms with Crippen molar-refractivity contribution in [1.29, 1.82) is 0 Å². The second-order valence-electron chi connectivity index (χ2n) is 3.39. The average Bonchev–Trinajstić information content (AvgIpc) is 2.30. The molecule has 0 unspecified atom stereocenters. The summed E-state index contributed by atoms with van der Waals surface area (Å²) in [5, 5.41) is 8.77. The maximum Gasteiger partial charge on any atom is 0.338 e. The van der Waals surface area contributed by atoms with E-state index in [1.54, 1.807) is 0 Å². The van der Waals surface area contributed by atoms with Gasteiger partial charge in [0.15, 0.2) is 5.12 Å². The van der Waals surface area contributed by atoms with Crippen LogP contribution < -0.4 is 0 Å². The van der Waals surface area contributed by atoms with Gasteiger partial charge in [-0.1, -0.05) is 23.6 Å². The summed E-state index contributed by atoms with van der Waals surface area (Å²) in [6, 6.07) is 3.70. The van der Waals surface area contributed by atoms with Gasteiger partial charge in [0.2, 0.25) is 0 Å². The van der Waals surface area contributed by atoms with Crippen LogP contribution in [0.2, 0.25) is 0 Å². The van der Waals surface area contributed by atoms with Crippen LogP contribution in [0, 0.1) is 17.7 Å². The molecule has 0 aliphatic rings. The monoisotopic (exact) mass is 266 g/mol. The molecule has 3 nitrogen and oxygen atoms in total. The summed E-state index contributed by atoms with van der Waals surface area (Å²) in [6.07, 6.45) is 0.518. The Morgan fingerprint density at radius 1 is 1.44 bits per heavy atom. The molecule has 0 saturated carbocycles. The van der Waals surface area contributed by atoms with Gasteiger partial charge < -0.3 is 5.11 Å². The zero-order chi connectivity index (χ0) is 13.5. The van der Waals surface area contributed by atoms with Crippen LogP contribution in [0.4, 0.5) is 4.39 Å². The van der Waals surface area contributed by atoms with E-state index in [0.717, 1.165) is 6.07 Å². The quantitative estimate of drug-likeness (QED) is 0.674. The third kappa shape index (κ3) is 4.60. The second kappa shape index (κ2) is 6.82. The van der Waals surface area contributed by atoms with Crippen molar-refractivity contribution < 1.29 is 19.1 Å². The number of carbonyl (C=O) groups is 2. The number of hydrogen-bond acceptors (Lipinski definition) is 3. The Morgan fingerprint density at radius 3 is 2.78 bits per heavy atom. The molecule has 0 saturated heterocycles. The van der Waals surface area contributed by atoms with Gasteiger partial charge in [0.25, 0.3) is 0 Å². The molecule has 0 amide bonds. The van der Waals surface area contributed by atoms with E-state index in [2.05, 4.69) is 11.8 Å². The van der Waals surface area contributed by atoms with E-state index >= 15 is 0 Å². The fourth-order valence-electron chi connectivity index (χ4n) is 1.18. The topological polar surface area (TPSA) is 54.4 Å². The molecule has 0 atom stereocenters. The molecule has 1 rings (SSSR count). The number of carboxylic acid groups (broad SMARTS) is 1. The summed E-state index contributed by atoms with van der Waals surface area (Å²) in [6.45, 7) is 1.48. The Hall–Kier alpha value is -1.80. The lowest BCUT2D eigenvalue weighted by Crippen LogP contribution is -2.00. The van der Waals surface area contributed by atoms with E-state index in [4.69, 9.17) is 5.11 Å². The number of rotatable bonds is 3. The number of halogens is 1. The molecule has 1 aromatic carbocycles. The lowest BCUT2D eigenvalue weighted by Gasteiger charge is -1.97. The third-order valence-electron chi connectivity index (χ3n) is 1.96. The number of aromatic carboxylic acids is 1.